The van der Waals surface area contributed by atoms with Crippen molar-refractivity contribution >= 4 is 18.3 Å². The highest BCUT2D eigenvalue weighted by Crippen LogP contribution is 2.35. The molecule has 23 heavy (non-hydrogen) atoms. The van der Waals surface area contributed by atoms with E-state index < -0.39 is 5.41 Å². The molecule has 0 atom stereocenters. The standard InChI is InChI=1S/C18H26N2O2.ClH/c1-14-2-4-15(5-3-14)18(8-12-22-13-9-18)17(21)20-16-6-10-19-11-7-16;/h2-5,16,19H,6-13H2,1H3,(H,20,21);1H. The third kappa shape index (κ3) is 4.06. The van der Waals surface area contributed by atoms with Crippen molar-refractivity contribution in [2.75, 3.05) is 26.3 Å². The van der Waals surface area contributed by atoms with Crippen molar-refractivity contribution in [3.63, 3.8) is 0 Å². The van der Waals surface area contributed by atoms with E-state index in [-0.39, 0.29) is 18.3 Å². The molecule has 2 N–H and O–H groups in total. The molecule has 0 radical (unpaired) electrons. The predicted molar refractivity (Wildman–Crippen MR) is 94.2 cm³/mol. The maximum absolute atomic E-state index is 13.1. The van der Waals surface area contributed by atoms with Crippen molar-refractivity contribution in [2.45, 2.75) is 44.1 Å². The van der Waals surface area contributed by atoms with Crippen LogP contribution >= 0.6 is 12.4 Å². The molecule has 2 heterocycles. The lowest BCUT2D eigenvalue weighted by atomic mass is 9.73. The predicted octanol–water partition coefficient (Wildman–Crippen LogP) is 2.33. The van der Waals surface area contributed by atoms with E-state index in [2.05, 4.69) is 41.8 Å². The first-order valence-electron chi connectivity index (χ1n) is 8.37. The molecule has 0 saturated carbocycles. The van der Waals surface area contributed by atoms with Gasteiger partial charge in [-0.1, -0.05) is 29.8 Å². The second-order valence-corrected chi connectivity index (χ2v) is 6.56. The Morgan fingerprint density at radius 3 is 2.39 bits per heavy atom. The molecule has 1 aromatic rings. The number of piperidine rings is 1. The molecule has 3 rings (SSSR count). The molecule has 2 saturated heterocycles. The summed E-state index contributed by atoms with van der Waals surface area (Å²) in [6.07, 6.45) is 3.58. The van der Waals surface area contributed by atoms with E-state index in [0.29, 0.717) is 19.3 Å². The molecular weight excluding hydrogens is 312 g/mol. The van der Waals surface area contributed by atoms with E-state index >= 15 is 0 Å². The van der Waals surface area contributed by atoms with E-state index in [1.807, 2.05) is 0 Å². The lowest BCUT2D eigenvalue weighted by Crippen LogP contribution is -2.52. The van der Waals surface area contributed by atoms with Crippen LogP contribution in [0.15, 0.2) is 24.3 Å². The molecule has 2 aliphatic heterocycles. The molecule has 1 amide bonds. The van der Waals surface area contributed by atoms with E-state index in [4.69, 9.17) is 4.74 Å². The monoisotopic (exact) mass is 338 g/mol. The second-order valence-electron chi connectivity index (χ2n) is 6.56. The Kier molecular flexibility index (Phi) is 6.45. The summed E-state index contributed by atoms with van der Waals surface area (Å²) in [6.45, 7) is 5.38. The maximum Gasteiger partial charge on any atom is 0.231 e. The quantitative estimate of drug-likeness (QED) is 0.889. The highest BCUT2D eigenvalue weighted by atomic mass is 35.5. The highest BCUT2D eigenvalue weighted by molar-refractivity contribution is 5.88. The van der Waals surface area contributed by atoms with Crippen LogP contribution in [0, 0.1) is 6.92 Å². The summed E-state index contributed by atoms with van der Waals surface area (Å²) in [5.41, 5.74) is 1.94. The molecule has 0 bridgehead atoms. The van der Waals surface area contributed by atoms with Gasteiger partial charge in [-0.2, -0.15) is 0 Å². The van der Waals surface area contributed by atoms with Gasteiger partial charge in [0.15, 0.2) is 0 Å². The minimum atomic E-state index is -0.420. The number of hydrogen-bond acceptors (Lipinski definition) is 3. The van der Waals surface area contributed by atoms with Crippen LogP contribution in [0.4, 0.5) is 0 Å². The van der Waals surface area contributed by atoms with Gasteiger partial charge in [0.05, 0.1) is 5.41 Å². The van der Waals surface area contributed by atoms with E-state index in [1.54, 1.807) is 0 Å². The summed E-state index contributed by atoms with van der Waals surface area (Å²) >= 11 is 0. The lowest BCUT2D eigenvalue weighted by Gasteiger charge is -2.38. The van der Waals surface area contributed by atoms with Crippen LogP contribution in [0.25, 0.3) is 0 Å². The van der Waals surface area contributed by atoms with Gasteiger partial charge in [-0.15, -0.1) is 12.4 Å². The van der Waals surface area contributed by atoms with Gasteiger partial charge >= 0.3 is 0 Å². The van der Waals surface area contributed by atoms with Crippen LogP contribution < -0.4 is 10.6 Å². The Hall–Kier alpha value is -1.10. The summed E-state index contributed by atoms with van der Waals surface area (Å²) in [5.74, 6) is 0.187. The van der Waals surface area contributed by atoms with Gasteiger partial charge in [0.25, 0.3) is 0 Å². The number of halogens is 1. The molecule has 5 heteroatoms. The summed E-state index contributed by atoms with van der Waals surface area (Å²) in [6, 6.07) is 8.74. The number of rotatable bonds is 3. The number of carbonyl (C=O) groups excluding carboxylic acids is 1. The highest BCUT2D eigenvalue weighted by Gasteiger charge is 2.42. The molecule has 0 unspecified atom stereocenters. The fourth-order valence-electron chi connectivity index (χ4n) is 3.53. The molecule has 0 aromatic heterocycles. The van der Waals surface area contributed by atoms with Gasteiger partial charge in [-0.25, -0.2) is 0 Å². The van der Waals surface area contributed by atoms with Crippen LogP contribution in [0.2, 0.25) is 0 Å². The fourth-order valence-corrected chi connectivity index (χ4v) is 3.53. The minimum absolute atomic E-state index is 0. The smallest absolute Gasteiger partial charge is 0.231 e. The Balaban J connectivity index is 0.00000192. The zero-order valence-electron chi connectivity index (χ0n) is 13.8. The Labute approximate surface area is 144 Å². The molecule has 2 aliphatic rings. The summed E-state index contributed by atoms with van der Waals surface area (Å²) in [4.78, 5) is 13.1. The van der Waals surface area contributed by atoms with Gasteiger partial charge in [0.1, 0.15) is 0 Å². The third-order valence-electron chi connectivity index (χ3n) is 5.06. The Bertz CT molecular complexity index is 506. The zero-order chi connectivity index (χ0) is 15.4. The van der Waals surface area contributed by atoms with Gasteiger partial charge in [-0.3, -0.25) is 4.79 Å². The molecule has 128 valence electrons. The maximum atomic E-state index is 13.1. The number of aryl methyl sites for hydroxylation is 1. The molecule has 1 aromatic carbocycles. The van der Waals surface area contributed by atoms with Crippen LogP contribution in [-0.2, 0) is 14.9 Å². The normalized spacial score (nSPS) is 21.3. The van der Waals surface area contributed by atoms with Crippen molar-refractivity contribution in [1.82, 2.24) is 10.6 Å². The third-order valence-corrected chi connectivity index (χ3v) is 5.06. The van der Waals surface area contributed by atoms with Crippen LogP contribution in [-0.4, -0.2) is 38.3 Å². The van der Waals surface area contributed by atoms with Crippen LogP contribution in [0.3, 0.4) is 0 Å². The molecule has 0 spiro atoms. The molecular formula is C18H27ClN2O2. The lowest BCUT2D eigenvalue weighted by molar-refractivity contribution is -0.131. The summed E-state index contributed by atoms with van der Waals surface area (Å²) < 4.78 is 5.52. The largest absolute Gasteiger partial charge is 0.381 e. The number of amides is 1. The fraction of sp³-hybridized carbons (Fsp3) is 0.611. The van der Waals surface area contributed by atoms with Crippen molar-refractivity contribution in [3.8, 4) is 0 Å². The zero-order valence-corrected chi connectivity index (χ0v) is 14.6. The summed E-state index contributed by atoms with van der Waals surface area (Å²) in [7, 11) is 0. The van der Waals surface area contributed by atoms with Crippen LogP contribution in [0.1, 0.15) is 36.8 Å². The van der Waals surface area contributed by atoms with E-state index in [0.717, 1.165) is 44.3 Å². The first-order chi connectivity index (χ1) is 10.7. The second kappa shape index (κ2) is 8.13. The number of carbonyl (C=O) groups is 1. The summed E-state index contributed by atoms with van der Waals surface area (Å²) in [5, 5.41) is 6.65. The minimum Gasteiger partial charge on any atom is -0.381 e. The van der Waals surface area contributed by atoms with Crippen LogP contribution in [0.5, 0.6) is 0 Å². The molecule has 2 fully saturated rings. The van der Waals surface area contributed by atoms with Crippen molar-refractivity contribution < 1.29 is 9.53 Å². The molecule has 0 aliphatic carbocycles. The number of ether oxygens (including phenoxy) is 1. The van der Waals surface area contributed by atoms with Crippen molar-refractivity contribution in [2.24, 2.45) is 0 Å². The number of hydrogen-bond donors (Lipinski definition) is 2. The number of benzene rings is 1. The van der Waals surface area contributed by atoms with Crippen molar-refractivity contribution in [3.05, 3.63) is 35.4 Å². The topological polar surface area (TPSA) is 50.4 Å². The Morgan fingerprint density at radius 1 is 1.17 bits per heavy atom. The van der Waals surface area contributed by atoms with Crippen molar-refractivity contribution in [1.29, 1.82) is 0 Å². The Morgan fingerprint density at radius 2 is 1.78 bits per heavy atom. The first kappa shape index (κ1) is 18.2. The first-order valence-corrected chi connectivity index (χ1v) is 8.37. The van der Waals surface area contributed by atoms with Gasteiger partial charge in [-0.05, 0) is 51.3 Å². The van der Waals surface area contributed by atoms with Gasteiger partial charge < -0.3 is 15.4 Å². The van der Waals surface area contributed by atoms with Gasteiger partial charge in [0.2, 0.25) is 5.91 Å². The van der Waals surface area contributed by atoms with E-state index in [1.165, 1.54) is 5.56 Å². The van der Waals surface area contributed by atoms with E-state index in [9.17, 15) is 4.79 Å². The SMILES string of the molecule is Cc1ccc(C2(C(=O)NC3CCNCC3)CCOCC2)cc1.Cl. The average Bonchev–Trinajstić information content (AvgIpc) is 2.57. The molecule has 4 nitrogen and oxygen atoms in total. The average molecular weight is 339 g/mol. The van der Waals surface area contributed by atoms with Gasteiger partial charge in [0, 0.05) is 19.3 Å². The number of nitrogens with one attached hydrogen (secondary N) is 2.